The van der Waals surface area contributed by atoms with Crippen molar-refractivity contribution < 1.29 is 4.79 Å². The summed E-state index contributed by atoms with van der Waals surface area (Å²) in [6.07, 6.45) is 2.13. The molecule has 0 spiro atoms. The molecular formula is C15H20BrNO. The minimum absolute atomic E-state index is 0.0928. The predicted molar refractivity (Wildman–Crippen MR) is 79.4 cm³/mol. The molecule has 2 rings (SSSR count). The number of benzene rings is 1. The number of nitrogens with zero attached hydrogens (tertiary/aromatic N) is 1. The van der Waals surface area contributed by atoms with E-state index in [1.165, 1.54) is 11.1 Å². The SMILES string of the molecule is Cc1ccc2c(c1)CCCN2C(=O)C(Br)C(C)C. The van der Waals surface area contributed by atoms with Gasteiger partial charge in [0.15, 0.2) is 0 Å². The number of hydrogen-bond acceptors (Lipinski definition) is 1. The molecule has 3 heteroatoms. The molecule has 0 aromatic heterocycles. The Bertz CT molecular complexity index is 456. The summed E-state index contributed by atoms with van der Waals surface area (Å²) in [4.78, 5) is 14.3. The molecule has 98 valence electrons. The summed E-state index contributed by atoms with van der Waals surface area (Å²) in [5.41, 5.74) is 3.67. The molecule has 0 bridgehead atoms. The van der Waals surface area contributed by atoms with Gasteiger partial charge in [-0.15, -0.1) is 0 Å². The number of hydrogen-bond donors (Lipinski definition) is 0. The summed E-state index contributed by atoms with van der Waals surface area (Å²) < 4.78 is 0. The topological polar surface area (TPSA) is 20.3 Å². The standard InChI is InChI=1S/C15H20BrNO/c1-10(2)14(16)15(18)17-8-4-5-12-9-11(3)6-7-13(12)17/h6-7,9-10,14H,4-5,8H2,1-3H3. The van der Waals surface area contributed by atoms with Crippen molar-refractivity contribution in [2.75, 3.05) is 11.4 Å². The number of alkyl halides is 1. The fourth-order valence-electron chi connectivity index (χ4n) is 2.39. The van der Waals surface area contributed by atoms with Gasteiger partial charge in [0.2, 0.25) is 5.91 Å². The predicted octanol–water partition coefficient (Wildman–Crippen LogP) is 3.69. The average molecular weight is 310 g/mol. The van der Waals surface area contributed by atoms with E-state index in [4.69, 9.17) is 0 Å². The maximum absolute atomic E-state index is 12.5. The van der Waals surface area contributed by atoms with Crippen LogP contribution in [0.3, 0.4) is 0 Å². The van der Waals surface area contributed by atoms with Gasteiger partial charge >= 0.3 is 0 Å². The van der Waals surface area contributed by atoms with Crippen LogP contribution in [0.1, 0.15) is 31.4 Å². The summed E-state index contributed by atoms with van der Waals surface area (Å²) in [6, 6.07) is 6.37. The monoisotopic (exact) mass is 309 g/mol. The first-order chi connectivity index (χ1) is 8.50. The van der Waals surface area contributed by atoms with Gasteiger partial charge in [-0.2, -0.15) is 0 Å². The molecule has 1 aliphatic heterocycles. The van der Waals surface area contributed by atoms with Crippen molar-refractivity contribution in [3.05, 3.63) is 29.3 Å². The van der Waals surface area contributed by atoms with Crippen molar-refractivity contribution in [3.63, 3.8) is 0 Å². The lowest BCUT2D eigenvalue weighted by molar-refractivity contribution is -0.118. The van der Waals surface area contributed by atoms with E-state index in [0.29, 0.717) is 5.92 Å². The number of rotatable bonds is 2. The molecule has 2 nitrogen and oxygen atoms in total. The second kappa shape index (κ2) is 5.43. The molecule has 0 aliphatic carbocycles. The lowest BCUT2D eigenvalue weighted by Crippen LogP contribution is -2.41. The number of carbonyl (C=O) groups is 1. The number of anilines is 1. The number of amides is 1. The number of fused-ring (bicyclic) bond motifs is 1. The van der Waals surface area contributed by atoms with Crippen molar-refractivity contribution in [3.8, 4) is 0 Å². The number of halogens is 1. The van der Waals surface area contributed by atoms with Gasteiger partial charge < -0.3 is 4.90 Å². The summed E-state index contributed by atoms with van der Waals surface area (Å²) >= 11 is 3.52. The smallest absolute Gasteiger partial charge is 0.241 e. The molecule has 1 aliphatic rings. The Morgan fingerprint density at radius 2 is 2.11 bits per heavy atom. The van der Waals surface area contributed by atoms with E-state index in [-0.39, 0.29) is 10.7 Å². The maximum Gasteiger partial charge on any atom is 0.241 e. The second-order valence-corrected chi connectivity index (χ2v) is 6.36. The zero-order chi connectivity index (χ0) is 13.3. The molecule has 18 heavy (non-hydrogen) atoms. The van der Waals surface area contributed by atoms with Crippen LogP contribution in [0.4, 0.5) is 5.69 Å². The van der Waals surface area contributed by atoms with Gasteiger partial charge in [0.1, 0.15) is 0 Å². The third-order valence-electron chi connectivity index (χ3n) is 3.44. The third-order valence-corrected chi connectivity index (χ3v) is 4.89. The highest BCUT2D eigenvalue weighted by molar-refractivity contribution is 9.10. The summed E-state index contributed by atoms with van der Waals surface area (Å²) in [6.45, 7) is 7.07. The van der Waals surface area contributed by atoms with E-state index < -0.39 is 0 Å². The summed E-state index contributed by atoms with van der Waals surface area (Å²) in [5, 5.41) is 0. The Balaban J connectivity index is 2.30. The van der Waals surface area contributed by atoms with Crippen LogP contribution in [-0.4, -0.2) is 17.3 Å². The normalized spacial score (nSPS) is 16.6. The van der Waals surface area contributed by atoms with Crippen LogP contribution in [0.25, 0.3) is 0 Å². The summed E-state index contributed by atoms with van der Waals surface area (Å²) in [5.74, 6) is 0.503. The zero-order valence-corrected chi connectivity index (χ0v) is 12.8. The lowest BCUT2D eigenvalue weighted by atomic mass is 9.98. The first kappa shape index (κ1) is 13.6. The Morgan fingerprint density at radius 3 is 2.78 bits per heavy atom. The van der Waals surface area contributed by atoms with Crippen molar-refractivity contribution in [1.29, 1.82) is 0 Å². The van der Waals surface area contributed by atoms with E-state index in [1.54, 1.807) is 0 Å². The van der Waals surface area contributed by atoms with Gasteiger partial charge in [-0.25, -0.2) is 0 Å². The largest absolute Gasteiger partial charge is 0.311 e. The minimum atomic E-state index is -0.0928. The lowest BCUT2D eigenvalue weighted by Gasteiger charge is -2.32. The molecule has 1 amide bonds. The zero-order valence-electron chi connectivity index (χ0n) is 11.2. The van der Waals surface area contributed by atoms with Gasteiger partial charge in [0.05, 0.1) is 4.83 Å². The minimum Gasteiger partial charge on any atom is -0.311 e. The van der Waals surface area contributed by atoms with Crippen LogP contribution in [0.2, 0.25) is 0 Å². The number of aryl methyl sites for hydroxylation is 2. The molecule has 0 fully saturated rings. The highest BCUT2D eigenvalue weighted by Gasteiger charge is 2.28. The molecule has 1 unspecified atom stereocenters. The number of carbonyl (C=O) groups excluding carboxylic acids is 1. The van der Waals surface area contributed by atoms with Crippen molar-refractivity contribution in [2.24, 2.45) is 5.92 Å². The van der Waals surface area contributed by atoms with Gasteiger partial charge in [0, 0.05) is 12.2 Å². The second-order valence-electron chi connectivity index (χ2n) is 5.37. The van der Waals surface area contributed by atoms with E-state index in [1.807, 2.05) is 4.90 Å². The third kappa shape index (κ3) is 2.61. The molecule has 1 atom stereocenters. The van der Waals surface area contributed by atoms with E-state index in [2.05, 4.69) is 54.9 Å². The molecule has 0 saturated carbocycles. The molecule has 1 aromatic carbocycles. The maximum atomic E-state index is 12.5. The van der Waals surface area contributed by atoms with E-state index >= 15 is 0 Å². The first-order valence-electron chi connectivity index (χ1n) is 6.55. The quantitative estimate of drug-likeness (QED) is 0.763. The van der Waals surface area contributed by atoms with Crippen LogP contribution in [0.5, 0.6) is 0 Å². The Labute approximate surface area is 117 Å². The van der Waals surface area contributed by atoms with Crippen molar-refractivity contribution >= 4 is 27.5 Å². The van der Waals surface area contributed by atoms with Crippen molar-refractivity contribution in [2.45, 2.75) is 38.4 Å². The van der Waals surface area contributed by atoms with Crippen LogP contribution in [0.15, 0.2) is 18.2 Å². The van der Waals surface area contributed by atoms with Crippen LogP contribution < -0.4 is 4.90 Å². The molecule has 1 aromatic rings. The van der Waals surface area contributed by atoms with Gasteiger partial charge in [-0.05, 0) is 37.3 Å². The van der Waals surface area contributed by atoms with Crippen molar-refractivity contribution in [1.82, 2.24) is 0 Å². The van der Waals surface area contributed by atoms with E-state index in [9.17, 15) is 4.79 Å². The van der Waals surface area contributed by atoms with Crippen LogP contribution in [0, 0.1) is 12.8 Å². The van der Waals surface area contributed by atoms with Crippen LogP contribution in [-0.2, 0) is 11.2 Å². The molecular weight excluding hydrogens is 290 g/mol. The highest BCUT2D eigenvalue weighted by Crippen LogP contribution is 2.30. The molecule has 0 N–H and O–H groups in total. The fraction of sp³-hybridized carbons (Fsp3) is 0.533. The summed E-state index contributed by atoms with van der Waals surface area (Å²) in [7, 11) is 0. The van der Waals surface area contributed by atoms with Gasteiger partial charge in [-0.3, -0.25) is 4.79 Å². The Morgan fingerprint density at radius 1 is 1.39 bits per heavy atom. The van der Waals surface area contributed by atoms with Crippen LogP contribution >= 0.6 is 15.9 Å². The average Bonchev–Trinajstić information content (AvgIpc) is 2.35. The molecule has 1 heterocycles. The molecule has 0 radical (unpaired) electrons. The van der Waals surface area contributed by atoms with Gasteiger partial charge in [-0.1, -0.05) is 47.5 Å². The Kier molecular flexibility index (Phi) is 4.10. The fourth-order valence-corrected chi connectivity index (χ4v) is 2.64. The molecule has 0 saturated heterocycles. The van der Waals surface area contributed by atoms with E-state index in [0.717, 1.165) is 25.1 Å². The highest BCUT2D eigenvalue weighted by atomic mass is 79.9. The van der Waals surface area contributed by atoms with Gasteiger partial charge in [0.25, 0.3) is 0 Å². The first-order valence-corrected chi connectivity index (χ1v) is 7.47. The Hall–Kier alpha value is -0.830.